The first-order valence-electron chi connectivity index (χ1n) is 9.49. The highest BCUT2D eigenvalue weighted by Gasteiger charge is 2.35. The molecular weight excluding hydrogens is 322 g/mol. The van der Waals surface area contributed by atoms with Gasteiger partial charge in [0.2, 0.25) is 0 Å². The van der Waals surface area contributed by atoms with Crippen LogP contribution in [0.2, 0.25) is 0 Å². The van der Waals surface area contributed by atoms with Gasteiger partial charge in [-0.1, -0.05) is 37.3 Å². The molecule has 2 aromatic carbocycles. The second kappa shape index (κ2) is 8.37. The van der Waals surface area contributed by atoms with Gasteiger partial charge in [0, 0.05) is 43.9 Å². The van der Waals surface area contributed by atoms with Crippen LogP contribution in [0.3, 0.4) is 0 Å². The molecule has 4 heteroatoms. The van der Waals surface area contributed by atoms with Crippen LogP contribution in [0.25, 0.3) is 0 Å². The summed E-state index contributed by atoms with van der Waals surface area (Å²) in [5, 5.41) is 0. The average molecular weight is 351 g/mol. The van der Waals surface area contributed by atoms with Crippen molar-refractivity contribution in [3.8, 4) is 0 Å². The van der Waals surface area contributed by atoms with E-state index in [2.05, 4.69) is 43.1 Å². The molecule has 26 heavy (non-hydrogen) atoms. The van der Waals surface area contributed by atoms with Crippen molar-refractivity contribution in [3.63, 3.8) is 0 Å². The Labute approximate surface area is 156 Å². The predicted molar refractivity (Wildman–Crippen MR) is 108 cm³/mol. The molecule has 0 aromatic heterocycles. The Hall–Kier alpha value is -2.33. The third kappa shape index (κ3) is 3.91. The molecule has 0 saturated carbocycles. The van der Waals surface area contributed by atoms with Gasteiger partial charge in [0.1, 0.15) is 0 Å². The molecule has 1 fully saturated rings. The van der Waals surface area contributed by atoms with Crippen molar-refractivity contribution in [2.45, 2.75) is 19.3 Å². The predicted octanol–water partition coefficient (Wildman–Crippen LogP) is 3.35. The zero-order valence-electron chi connectivity index (χ0n) is 15.8. The Kier molecular flexibility index (Phi) is 5.94. The van der Waals surface area contributed by atoms with Gasteiger partial charge in [-0.05, 0) is 48.7 Å². The van der Waals surface area contributed by atoms with E-state index in [4.69, 9.17) is 5.73 Å². The van der Waals surface area contributed by atoms with Crippen LogP contribution in [0, 0.1) is 5.92 Å². The molecule has 138 valence electrons. The van der Waals surface area contributed by atoms with E-state index in [0.29, 0.717) is 18.4 Å². The van der Waals surface area contributed by atoms with Crippen molar-refractivity contribution < 1.29 is 4.79 Å². The molecule has 2 atom stereocenters. The molecule has 1 amide bonds. The van der Waals surface area contributed by atoms with Crippen LogP contribution in [-0.4, -0.2) is 44.0 Å². The van der Waals surface area contributed by atoms with Gasteiger partial charge in [-0.15, -0.1) is 0 Å². The van der Waals surface area contributed by atoms with Crippen LogP contribution >= 0.6 is 0 Å². The largest absolute Gasteiger partial charge is 0.375 e. The van der Waals surface area contributed by atoms with Crippen LogP contribution in [0.5, 0.6) is 0 Å². The first-order chi connectivity index (χ1) is 12.6. The number of carbonyl (C=O) groups excluding carboxylic acids is 1. The van der Waals surface area contributed by atoms with Crippen molar-refractivity contribution in [2.75, 3.05) is 38.1 Å². The zero-order chi connectivity index (χ0) is 18.5. The number of nitrogens with zero attached hydrogens (tertiary/aromatic N) is 2. The molecule has 2 aromatic rings. The van der Waals surface area contributed by atoms with E-state index in [1.165, 1.54) is 5.56 Å². The number of nitrogens with two attached hydrogens (primary N) is 1. The van der Waals surface area contributed by atoms with E-state index >= 15 is 0 Å². The number of benzene rings is 2. The van der Waals surface area contributed by atoms with Crippen molar-refractivity contribution in [1.82, 2.24) is 4.90 Å². The Balaban J connectivity index is 1.72. The maximum atomic E-state index is 13.0. The fraction of sp³-hybridized carbons (Fsp3) is 0.409. The number of amides is 1. The third-order valence-corrected chi connectivity index (χ3v) is 5.37. The Bertz CT molecular complexity index is 714. The zero-order valence-corrected chi connectivity index (χ0v) is 15.8. The summed E-state index contributed by atoms with van der Waals surface area (Å²) in [6, 6.07) is 18.4. The molecule has 0 radical (unpaired) electrons. The normalized spacial score (nSPS) is 19.6. The second-order valence-electron chi connectivity index (χ2n) is 7.19. The summed E-state index contributed by atoms with van der Waals surface area (Å²) in [5.41, 5.74) is 9.17. The number of anilines is 1. The summed E-state index contributed by atoms with van der Waals surface area (Å²) in [6.45, 7) is 5.24. The highest BCUT2D eigenvalue weighted by molar-refractivity contribution is 5.94. The fourth-order valence-electron chi connectivity index (χ4n) is 3.86. The molecule has 0 bridgehead atoms. The monoisotopic (exact) mass is 351 g/mol. The molecule has 1 saturated heterocycles. The summed E-state index contributed by atoms with van der Waals surface area (Å²) < 4.78 is 0. The van der Waals surface area contributed by atoms with Crippen LogP contribution in [0.15, 0.2) is 54.6 Å². The van der Waals surface area contributed by atoms with E-state index < -0.39 is 0 Å². The Morgan fingerprint density at radius 3 is 2.42 bits per heavy atom. The van der Waals surface area contributed by atoms with Gasteiger partial charge in [-0.25, -0.2) is 0 Å². The maximum absolute atomic E-state index is 13.0. The minimum atomic E-state index is 0.103. The molecule has 1 aliphatic heterocycles. The molecular formula is C22H29N3O. The maximum Gasteiger partial charge on any atom is 0.253 e. The van der Waals surface area contributed by atoms with E-state index in [-0.39, 0.29) is 5.91 Å². The summed E-state index contributed by atoms with van der Waals surface area (Å²) in [7, 11) is 2.08. The van der Waals surface area contributed by atoms with Crippen LogP contribution < -0.4 is 10.6 Å². The van der Waals surface area contributed by atoms with Gasteiger partial charge < -0.3 is 15.5 Å². The topological polar surface area (TPSA) is 49.6 Å². The van der Waals surface area contributed by atoms with Crippen molar-refractivity contribution >= 4 is 11.6 Å². The first-order valence-corrected chi connectivity index (χ1v) is 9.49. The van der Waals surface area contributed by atoms with Gasteiger partial charge in [0.25, 0.3) is 5.91 Å². The quantitative estimate of drug-likeness (QED) is 0.868. The third-order valence-electron chi connectivity index (χ3n) is 5.37. The number of carbonyl (C=O) groups is 1. The van der Waals surface area contributed by atoms with Gasteiger partial charge >= 0.3 is 0 Å². The SMILES string of the molecule is CCCN(C)c1ccc(C(=O)N2C[C@@H](CN)[C@H](c3ccccc3)C2)cc1. The minimum absolute atomic E-state index is 0.103. The smallest absolute Gasteiger partial charge is 0.253 e. The van der Waals surface area contributed by atoms with E-state index in [0.717, 1.165) is 37.3 Å². The fourth-order valence-corrected chi connectivity index (χ4v) is 3.86. The van der Waals surface area contributed by atoms with Crippen LogP contribution in [-0.2, 0) is 0 Å². The lowest BCUT2D eigenvalue weighted by Gasteiger charge is -2.20. The summed E-state index contributed by atoms with van der Waals surface area (Å²) >= 11 is 0. The molecule has 0 aliphatic carbocycles. The van der Waals surface area contributed by atoms with Crippen LogP contribution in [0.1, 0.15) is 35.2 Å². The van der Waals surface area contributed by atoms with E-state index in [9.17, 15) is 4.79 Å². The van der Waals surface area contributed by atoms with E-state index in [1.54, 1.807) is 0 Å². The number of hydrogen-bond donors (Lipinski definition) is 1. The second-order valence-corrected chi connectivity index (χ2v) is 7.19. The molecule has 2 N–H and O–H groups in total. The standard InChI is InChI=1S/C22H29N3O/c1-3-13-24(2)20-11-9-18(10-12-20)22(26)25-15-19(14-23)21(16-25)17-7-5-4-6-8-17/h4-12,19,21H,3,13-16,23H2,1-2H3/t19-,21+/m1/s1. The Morgan fingerprint density at radius 2 is 1.81 bits per heavy atom. The highest BCUT2D eigenvalue weighted by atomic mass is 16.2. The van der Waals surface area contributed by atoms with Crippen molar-refractivity contribution in [3.05, 3.63) is 65.7 Å². The summed E-state index contributed by atoms with van der Waals surface area (Å²) in [5.74, 6) is 0.739. The highest BCUT2D eigenvalue weighted by Crippen LogP contribution is 2.32. The first kappa shape index (κ1) is 18.5. The van der Waals surface area contributed by atoms with Gasteiger partial charge in [-0.3, -0.25) is 4.79 Å². The van der Waals surface area contributed by atoms with Gasteiger partial charge in [0.05, 0.1) is 0 Å². The molecule has 3 rings (SSSR count). The number of hydrogen-bond acceptors (Lipinski definition) is 3. The lowest BCUT2D eigenvalue weighted by molar-refractivity contribution is 0.0786. The van der Waals surface area contributed by atoms with Gasteiger partial charge in [-0.2, -0.15) is 0 Å². The average Bonchev–Trinajstić information content (AvgIpc) is 3.13. The van der Waals surface area contributed by atoms with Crippen molar-refractivity contribution in [1.29, 1.82) is 0 Å². The number of likely N-dealkylation sites (tertiary alicyclic amines) is 1. The van der Waals surface area contributed by atoms with E-state index in [1.807, 2.05) is 35.2 Å². The summed E-state index contributed by atoms with van der Waals surface area (Å²) in [6.07, 6.45) is 1.10. The Morgan fingerprint density at radius 1 is 1.12 bits per heavy atom. The molecule has 0 spiro atoms. The molecule has 1 heterocycles. The van der Waals surface area contributed by atoms with Gasteiger partial charge in [0.15, 0.2) is 0 Å². The lowest BCUT2D eigenvalue weighted by Crippen LogP contribution is -2.29. The minimum Gasteiger partial charge on any atom is -0.375 e. The molecule has 1 aliphatic rings. The summed E-state index contributed by atoms with van der Waals surface area (Å²) in [4.78, 5) is 17.1. The van der Waals surface area contributed by atoms with Crippen molar-refractivity contribution in [2.24, 2.45) is 11.7 Å². The molecule has 4 nitrogen and oxygen atoms in total. The van der Waals surface area contributed by atoms with Crippen LogP contribution in [0.4, 0.5) is 5.69 Å². The molecule has 0 unspecified atom stereocenters. The lowest BCUT2D eigenvalue weighted by atomic mass is 9.89. The number of rotatable bonds is 6.